The number of hydrogen-bond donors (Lipinski definition) is 5. The highest BCUT2D eigenvalue weighted by Crippen LogP contribution is 2.33. The third-order valence-corrected chi connectivity index (χ3v) is 5.10. The molecule has 1 aromatic carbocycles. The SMILES string of the molecule is CNc1nc(Nc2cc(-c3ccccc3)nn2C)cc(O[C@@]2(O)COC[C@@H](O)C2)c1C=N. The van der Waals surface area contributed by atoms with Crippen molar-refractivity contribution in [3.8, 4) is 17.0 Å². The number of aliphatic hydroxyl groups excluding tert-OH is 1. The summed E-state index contributed by atoms with van der Waals surface area (Å²) in [5.41, 5.74) is 2.16. The molecule has 2 aromatic heterocycles. The predicted octanol–water partition coefficient (Wildman–Crippen LogP) is 2.11. The molecule has 10 heteroatoms. The van der Waals surface area contributed by atoms with E-state index in [1.165, 1.54) is 0 Å². The first-order chi connectivity index (χ1) is 15.4. The van der Waals surface area contributed by atoms with Crippen LogP contribution in [0, 0.1) is 5.41 Å². The predicted molar refractivity (Wildman–Crippen MR) is 121 cm³/mol. The molecule has 5 N–H and O–H groups in total. The average Bonchev–Trinajstić information content (AvgIpc) is 3.13. The summed E-state index contributed by atoms with van der Waals surface area (Å²) in [6.45, 7) is 0.0435. The van der Waals surface area contributed by atoms with Crippen molar-refractivity contribution < 1.29 is 19.7 Å². The molecule has 1 aliphatic heterocycles. The highest BCUT2D eigenvalue weighted by atomic mass is 16.7. The maximum atomic E-state index is 10.8. The van der Waals surface area contributed by atoms with Gasteiger partial charge in [0.25, 0.3) is 0 Å². The maximum Gasteiger partial charge on any atom is 0.234 e. The standard InChI is InChI=1S/C22H26N6O4/c1-24-21-16(11-23)18(32-22(30)10-15(29)12-31-13-22)9-19(26-21)25-20-8-17(27-28(20)2)14-6-4-3-5-7-14/h3-9,11,15,23,29-30H,10,12-13H2,1-2H3,(H2,24,25,26)/t15-,22+/m0/s1. The van der Waals surface area contributed by atoms with E-state index < -0.39 is 11.9 Å². The molecule has 1 saturated heterocycles. The fourth-order valence-electron chi connectivity index (χ4n) is 3.59. The zero-order valence-electron chi connectivity index (χ0n) is 17.9. The number of nitrogens with one attached hydrogen (secondary N) is 3. The number of pyridine rings is 1. The van der Waals surface area contributed by atoms with Gasteiger partial charge in [0.1, 0.15) is 29.8 Å². The summed E-state index contributed by atoms with van der Waals surface area (Å²) in [6, 6.07) is 13.3. The Balaban J connectivity index is 1.66. The lowest BCUT2D eigenvalue weighted by Gasteiger charge is -2.35. The van der Waals surface area contributed by atoms with Gasteiger partial charge < -0.3 is 35.7 Å². The van der Waals surface area contributed by atoms with Crippen LogP contribution in [-0.4, -0.2) is 63.3 Å². The molecule has 3 heterocycles. The summed E-state index contributed by atoms with van der Waals surface area (Å²) < 4.78 is 12.8. The van der Waals surface area contributed by atoms with E-state index in [4.69, 9.17) is 14.9 Å². The number of benzene rings is 1. The molecular formula is C22H26N6O4. The van der Waals surface area contributed by atoms with Gasteiger partial charge in [-0.15, -0.1) is 0 Å². The van der Waals surface area contributed by atoms with Crippen LogP contribution in [0.15, 0.2) is 42.5 Å². The van der Waals surface area contributed by atoms with Gasteiger partial charge in [-0.25, -0.2) is 4.98 Å². The van der Waals surface area contributed by atoms with Gasteiger partial charge in [-0.1, -0.05) is 30.3 Å². The Morgan fingerprint density at radius 1 is 1.31 bits per heavy atom. The van der Waals surface area contributed by atoms with Crippen LogP contribution in [0.3, 0.4) is 0 Å². The minimum Gasteiger partial charge on any atom is -0.459 e. The Kier molecular flexibility index (Phi) is 6.08. The Morgan fingerprint density at radius 2 is 2.09 bits per heavy atom. The number of aliphatic hydroxyl groups is 2. The monoisotopic (exact) mass is 438 g/mol. The van der Waals surface area contributed by atoms with E-state index in [-0.39, 0.29) is 25.4 Å². The summed E-state index contributed by atoms with van der Waals surface area (Å²) in [5, 5.41) is 39.2. The molecule has 0 radical (unpaired) electrons. The van der Waals surface area contributed by atoms with Crippen LogP contribution in [0.25, 0.3) is 11.3 Å². The second-order valence-corrected chi connectivity index (χ2v) is 7.61. The fourth-order valence-corrected chi connectivity index (χ4v) is 3.59. The number of ether oxygens (including phenoxy) is 2. The van der Waals surface area contributed by atoms with Gasteiger partial charge in [-0.2, -0.15) is 5.10 Å². The summed E-state index contributed by atoms with van der Waals surface area (Å²) in [5.74, 6) is 0.0332. The fraction of sp³-hybridized carbons (Fsp3) is 0.318. The third-order valence-electron chi connectivity index (χ3n) is 5.10. The molecule has 1 aliphatic rings. The van der Waals surface area contributed by atoms with E-state index in [2.05, 4.69) is 20.7 Å². The van der Waals surface area contributed by atoms with E-state index in [1.807, 2.05) is 43.4 Å². The van der Waals surface area contributed by atoms with Crippen LogP contribution < -0.4 is 15.4 Å². The van der Waals surface area contributed by atoms with Gasteiger partial charge in [-0.3, -0.25) is 4.68 Å². The average molecular weight is 438 g/mol. The molecule has 10 nitrogen and oxygen atoms in total. The molecule has 2 atom stereocenters. The normalized spacial score (nSPS) is 20.6. The number of nitrogens with zero attached hydrogens (tertiary/aromatic N) is 3. The highest BCUT2D eigenvalue weighted by Gasteiger charge is 2.37. The lowest BCUT2D eigenvalue weighted by atomic mass is 10.1. The van der Waals surface area contributed by atoms with Gasteiger partial charge in [0.2, 0.25) is 5.79 Å². The Bertz CT molecular complexity index is 1100. The Labute approximate surface area is 185 Å². The zero-order chi connectivity index (χ0) is 22.7. The van der Waals surface area contributed by atoms with E-state index in [9.17, 15) is 10.2 Å². The van der Waals surface area contributed by atoms with E-state index in [0.717, 1.165) is 17.5 Å². The maximum absolute atomic E-state index is 10.8. The molecule has 0 amide bonds. The summed E-state index contributed by atoms with van der Waals surface area (Å²) in [4.78, 5) is 4.51. The third kappa shape index (κ3) is 4.57. The molecule has 0 saturated carbocycles. The minimum absolute atomic E-state index is 0.00736. The molecule has 168 valence electrons. The van der Waals surface area contributed by atoms with Gasteiger partial charge >= 0.3 is 0 Å². The van der Waals surface area contributed by atoms with Crippen molar-refractivity contribution in [1.82, 2.24) is 14.8 Å². The first-order valence-corrected chi connectivity index (χ1v) is 10.2. The van der Waals surface area contributed by atoms with Crippen LogP contribution in [0.2, 0.25) is 0 Å². The van der Waals surface area contributed by atoms with Crippen LogP contribution in [0.1, 0.15) is 12.0 Å². The van der Waals surface area contributed by atoms with E-state index in [0.29, 0.717) is 23.0 Å². The largest absolute Gasteiger partial charge is 0.459 e. The first kappa shape index (κ1) is 21.8. The van der Waals surface area contributed by atoms with Crippen LogP contribution >= 0.6 is 0 Å². The van der Waals surface area contributed by atoms with Crippen LogP contribution in [0.5, 0.6) is 5.75 Å². The number of aromatic nitrogens is 3. The quantitative estimate of drug-likeness (QED) is 0.279. The molecule has 0 aliphatic carbocycles. The molecule has 32 heavy (non-hydrogen) atoms. The Hall–Kier alpha value is -3.47. The minimum atomic E-state index is -1.72. The number of anilines is 3. The lowest BCUT2D eigenvalue weighted by Crippen LogP contribution is -2.49. The molecule has 1 fully saturated rings. The smallest absolute Gasteiger partial charge is 0.234 e. The highest BCUT2D eigenvalue weighted by molar-refractivity contribution is 5.89. The molecule has 3 aromatic rings. The number of aryl methyl sites for hydroxylation is 1. The second-order valence-electron chi connectivity index (χ2n) is 7.61. The molecule has 0 bridgehead atoms. The van der Waals surface area contributed by atoms with E-state index in [1.54, 1.807) is 17.8 Å². The van der Waals surface area contributed by atoms with Crippen LogP contribution in [0.4, 0.5) is 17.5 Å². The van der Waals surface area contributed by atoms with Gasteiger partial charge in [-0.05, 0) is 0 Å². The zero-order valence-corrected chi connectivity index (χ0v) is 17.9. The molecule has 0 spiro atoms. The topological polar surface area (TPSA) is 138 Å². The summed E-state index contributed by atoms with van der Waals surface area (Å²) in [7, 11) is 3.50. The van der Waals surface area contributed by atoms with Gasteiger partial charge in [0.05, 0.1) is 24.0 Å². The Morgan fingerprint density at radius 3 is 2.78 bits per heavy atom. The van der Waals surface area contributed by atoms with Crippen molar-refractivity contribution in [2.75, 3.05) is 30.9 Å². The second kappa shape index (κ2) is 8.95. The molecule has 4 rings (SSSR count). The lowest BCUT2D eigenvalue weighted by molar-refractivity contribution is -0.228. The van der Waals surface area contributed by atoms with Crippen molar-refractivity contribution in [3.05, 3.63) is 48.0 Å². The number of rotatable bonds is 7. The van der Waals surface area contributed by atoms with Crippen molar-refractivity contribution >= 4 is 23.7 Å². The van der Waals surface area contributed by atoms with Gasteiger partial charge in [0, 0.05) is 44.4 Å². The molecule has 0 unspecified atom stereocenters. The molecular weight excluding hydrogens is 412 g/mol. The van der Waals surface area contributed by atoms with Crippen molar-refractivity contribution in [2.24, 2.45) is 7.05 Å². The first-order valence-electron chi connectivity index (χ1n) is 10.2. The number of hydrogen-bond acceptors (Lipinski definition) is 9. The summed E-state index contributed by atoms with van der Waals surface area (Å²) in [6.07, 6.45) is 0.247. The summed E-state index contributed by atoms with van der Waals surface area (Å²) >= 11 is 0. The van der Waals surface area contributed by atoms with Crippen molar-refractivity contribution in [2.45, 2.75) is 18.3 Å². The van der Waals surface area contributed by atoms with Crippen molar-refractivity contribution in [1.29, 1.82) is 5.41 Å². The van der Waals surface area contributed by atoms with Crippen molar-refractivity contribution in [3.63, 3.8) is 0 Å². The van der Waals surface area contributed by atoms with Gasteiger partial charge in [0.15, 0.2) is 0 Å². The van der Waals surface area contributed by atoms with Crippen LogP contribution in [-0.2, 0) is 11.8 Å². The van der Waals surface area contributed by atoms with E-state index >= 15 is 0 Å².